The molecule has 0 radical (unpaired) electrons. The second-order valence-corrected chi connectivity index (χ2v) is 4.63. The van der Waals surface area contributed by atoms with Gasteiger partial charge in [0.1, 0.15) is 0 Å². The lowest BCUT2D eigenvalue weighted by molar-refractivity contribution is 0.0614. The number of halogens is 1. The summed E-state index contributed by atoms with van der Waals surface area (Å²) >= 11 is 0. The van der Waals surface area contributed by atoms with Gasteiger partial charge in [-0.15, -0.1) is 0 Å². The van der Waals surface area contributed by atoms with E-state index in [1.165, 1.54) is 13.2 Å². The molecular formula is C13H18FNO2. The number of hydrogen-bond donors (Lipinski definition) is 2. The zero-order valence-corrected chi connectivity index (χ0v) is 10.0. The Morgan fingerprint density at radius 3 is 2.71 bits per heavy atom. The minimum Gasteiger partial charge on any atom is -0.494 e. The van der Waals surface area contributed by atoms with E-state index in [0.717, 1.165) is 25.7 Å². The molecule has 0 amide bonds. The largest absolute Gasteiger partial charge is 0.494 e. The van der Waals surface area contributed by atoms with Crippen molar-refractivity contribution in [2.24, 2.45) is 0 Å². The fourth-order valence-corrected chi connectivity index (χ4v) is 2.25. The third-order valence-corrected chi connectivity index (χ3v) is 3.31. The highest BCUT2D eigenvalue weighted by molar-refractivity contribution is 5.47. The average molecular weight is 239 g/mol. The normalized spacial score (nSPS) is 18.1. The van der Waals surface area contributed by atoms with Crippen LogP contribution in [0.25, 0.3) is 0 Å². The first-order valence-corrected chi connectivity index (χ1v) is 5.93. The maximum atomic E-state index is 13.4. The standard InChI is InChI=1S/C13H18FNO2/c1-17-12-5-4-10(8-11(12)14)15-9-13(16)6-2-3-7-13/h4-5,8,15-16H,2-3,6-7,9H2,1H3. The van der Waals surface area contributed by atoms with E-state index in [9.17, 15) is 9.50 Å². The smallest absolute Gasteiger partial charge is 0.167 e. The number of aliphatic hydroxyl groups is 1. The third kappa shape index (κ3) is 2.88. The van der Waals surface area contributed by atoms with Crippen LogP contribution in [-0.2, 0) is 0 Å². The molecule has 0 aromatic heterocycles. The van der Waals surface area contributed by atoms with Gasteiger partial charge >= 0.3 is 0 Å². The molecule has 0 aliphatic heterocycles. The minimum atomic E-state index is -0.629. The van der Waals surface area contributed by atoms with Gasteiger partial charge in [-0.05, 0) is 25.0 Å². The summed E-state index contributed by atoms with van der Waals surface area (Å²) in [6, 6.07) is 4.72. The molecule has 0 atom stereocenters. The summed E-state index contributed by atoms with van der Waals surface area (Å²) in [6.07, 6.45) is 3.77. The van der Waals surface area contributed by atoms with Gasteiger partial charge in [-0.3, -0.25) is 0 Å². The van der Waals surface area contributed by atoms with E-state index < -0.39 is 11.4 Å². The molecule has 1 aliphatic rings. The highest BCUT2D eigenvalue weighted by atomic mass is 19.1. The lowest BCUT2D eigenvalue weighted by atomic mass is 10.0. The van der Waals surface area contributed by atoms with Crippen LogP contribution in [0.15, 0.2) is 18.2 Å². The molecule has 0 heterocycles. The minimum absolute atomic E-state index is 0.232. The summed E-state index contributed by atoms with van der Waals surface area (Å²) < 4.78 is 18.3. The molecule has 4 heteroatoms. The molecule has 17 heavy (non-hydrogen) atoms. The second-order valence-electron chi connectivity index (χ2n) is 4.63. The van der Waals surface area contributed by atoms with Crippen LogP contribution in [0.3, 0.4) is 0 Å². The fourth-order valence-electron chi connectivity index (χ4n) is 2.25. The molecule has 1 aromatic rings. The van der Waals surface area contributed by atoms with E-state index in [1.54, 1.807) is 12.1 Å². The average Bonchev–Trinajstić information content (AvgIpc) is 2.74. The SMILES string of the molecule is COc1ccc(NCC2(O)CCCC2)cc1F. The van der Waals surface area contributed by atoms with Gasteiger partial charge in [-0.2, -0.15) is 0 Å². The number of hydrogen-bond acceptors (Lipinski definition) is 3. The van der Waals surface area contributed by atoms with Crippen molar-refractivity contribution in [3.8, 4) is 5.75 Å². The highest BCUT2D eigenvalue weighted by Gasteiger charge is 2.30. The van der Waals surface area contributed by atoms with Crippen LogP contribution >= 0.6 is 0 Å². The van der Waals surface area contributed by atoms with E-state index in [-0.39, 0.29) is 5.75 Å². The molecule has 0 bridgehead atoms. The first-order chi connectivity index (χ1) is 8.13. The van der Waals surface area contributed by atoms with Crippen molar-refractivity contribution in [2.45, 2.75) is 31.3 Å². The van der Waals surface area contributed by atoms with Crippen molar-refractivity contribution in [3.63, 3.8) is 0 Å². The molecule has 1 aliphatic carbocycles. The Morgan fingerprint density at radius 2 is 2.12 bits per heavy atom. The predicted molar refractivity (Wildman–Crippen MR) is 64.9 cm³/mol. The number of methoxy groups -OCH3 is 1. The summed E-state index contributed by atoms with van der Waals surface area (Å²) in [5.74, 6) is -0.161. The van der Waals surface area contributed by atoms with Crippen LogP contribution in [0.2, 0.25) is 0 Å². The van der Waals surface area contributed by atoms with Crippen LogP contribution in [0.1, 0.15) is 25.7 Å². The maximum absolute atomic E-state index is 13.4. The van der Waals surface area contributed by atoms with Crippen LogP contribution < -0.4 is 10.1 Å². The lowest BCUT2D eigenvalue weighted by Crippen LogP contribution is -2.33. The van der Waals surface area contributed by atoms with E-state index >= 15 is 0 Å². The maximum Gasteiger partial charge on any atom is 0.167 e. The zero-order chi connectivity index (χ0) is 12.3. The van der Waals surface area contributed by atoms with Crippen LogP contribution in [-0.4, -0.2) is 24.4 Å². The molecular weight excluding hydrogens is 221 g/mol. The third-order valence-electron chi connectivity index (χ3n) is 3.31. The molecule has 0 saturated heterocycles. The molecule has 0 spiro atoms. The molecule has 1 aromatic carbocycles. The fraction of sp³-hybridized carbons (Fsp3) is 0.538. The van der Waals surface area contributed by atoms with Gasteiger partial charge < -0.3 is 15.2 Å². The Kier molecular flexibility index (Phi) is 3.52. The van der Waals surface area contributed by atoms with Crippen molar-refractivity contribution in [2.75, 3.05) is 19.0 Å². The van der Waals surface area contributed by atoms with Crippen LogP contribution in [0.4, 0.5) is 10.1 Å². The Morgan fingerprint density at radius 1 is 1.41 bits per heavy atom. The van der Waals surface area contributed by atoms with E-state index in [0.29, 0.717) is 12.2 Å². The Balaban J connectivity index is 1.97. The number of benzene rings is 1. The zero-order valence-electron chi connectivity index (χ0n) is 10.0. The van der Waals surface area contributed by atoms with E-state index in [4.69, 9.17) is 4.74 Å². The molecule has 1 fully saturated rings. The highest BCUT2D eigenvalue weighted by Crippen LogP contribution is 2.30. The molecule has 3 nitrogen and oxygen atoms in total. The first-order valence-electron chi connectivity index (χ1n) is 5.93. The molecule has 1 saturated carbocycles. The predicted octanol–water partition coefficient (Wildman–Crippen LogP) is 2.55. The summed E-state index contributed by atoms with van der Waals surface area (Å²) in [6.45, 7) is 0.471. The summed E-state index contributed by atoms with van der Waals surface area (Å²) in [7, 11) is 1.44. The van der Waals surface area contributed by atoms with Crippen molar-refractivity contribution in [1.29, 1.82) is 0 Å². The topological polar surface area (TPSA) is 41.5 Å². The Bertz CT molecular complexity index is 389. The van der Waals surface area contributed by atoms with Crippen molar-refractivity contribution in [3.05, 3.63) is 24.0 Å². The van der Waals surface area contributed by atoms with Gasteiger partial charge in [0.05, 0.1) is 12.7 Å². The van der Waals surface area contributed by atoms with Crippen LogP contribution in [0, 0.1) is 5.82 Å². The quantitative estimate of drug-likeness (QED) is 0.848. The van der Waals surface area contributed by atoms with Crippen molar-refractivity contribution < 1.29 is 14.2 Å². The summed E-state index contributed by atoms with van der Waals surface area (Å²) in [4.78, 5) is 0. The molecule has 2 rings (SSSR count). The molecule has 0 unspecified atom stereocenters. The van der Waals surface area contributed by atoms with Gasteiger partial charge in [-0.1, -0.05) is 12.8 Å². The summed E-state index contributed by atoms with van der Waals surface area (Å²) in [5.41, 5.74) is 0.0415. The van der Waals surface area contributed by atoms with Gasteiger partial charge in [0, 0.05) is 18.3 Å². The number of ether oxygens (including phenoxy) is 1. The van der Waals surface area contributed by atoms with Gasteiger partial charge in [-0.25, -0.2) is 4.39 Å². The number of rotatable bonds is 4. The van der Waals surface area contributed by atoms with E-state index in [2.05, 4.69) is 5.32 Å². The van der Waals surface area contributed by atoms with Crippen molar-refractivity contribution >= 4 is 5.69 Å². The Hall–Kier alpha value is -1.29. The van der Waals surface area contributed by atoms with Gasteiger partial charge in [0.2, 0.25) is 0 Å². The molecule has 2 N–H and O–H groups in total. The first kappa shape index (κ1) is 12.2. The van der Waals surface area contributed by atoms with Crippen LogP contribution in [0.5, 0.6) is 5.75 Å². The second kappa shape index (κ2) is 4.92. The lowest BCUT2D eigenvalue weighted by Gasteiger charge is -2.23. The molecule has 94 valence electrons. The Labute approximate surface area is 101 Å². The van der Waals surface area contributed by atoms with E-state index in [1.807, 2.05) is 0 Å². The summed E-state index contributed by atoms with van der Waals surface area (Å²) in [5, 5.41) is 13.2. The number of anilines is 1. The van der Waals surface area contributed by atoms with Gasteiger partial charge in [0.25, 0.3) is 0 Å². The van der Waals surface area contributed by atoms with Gasteiger partial charge in [0.15, 0.2) is 11.6 Å². The monoisotopic (exact) mass is 239 g/mol. The van der Waals surface area contributed by atoms with Crippen molar-refractivity contribution in [1.82, 2.24) is 0 Å². The number of nitrogens with one attached hydrogen (secondary N) is 1.